The van der Waals surface area contributed by atoms with Crippen LogP contribution in [0.4, 0.5) is 10.7 Å². The highest BCUT2D eigenvalue weighted by atomic mass is 32.1. The van der Waals surface area contributed by atoms with E-state index in [1.54, 1.807) is 7.05 Å². The number of para-hydroxylation sites is 1. The van der Waals surface area contributed by atoms with Crippen molar-refractivity contribution in [1.29, 1.82) is 5.26 Å². The van der Waals surface area contributed by atoms with Crippen molar-refractivity contribution in [3.05, 3.63) is 57.7 Å². The quantitative estimate of drug-likeness (QED) is 0.729. The Kier molecular flexibility index (Phi) is 4.42. The molecule has 1 aliphatic rings. The van der Waals surface area contributed by atoms with Gasteiger partial charge in [-0.25, -0.2) is 0 Å². The Hall–Kier alpha value is -3.11. The summed E-state index contributed by atoms with van der Waals surface area (Å²) in [5, 5.41) is 19.4. The van der Waals surface area contributed by atoms with Gasteiger partial charge < -0.3 is 15.2 Å². The largest absolute Gasteiger partial charge is 0.380 e. The van der Waals surface area contributed by atoms with Crippen molar-refractivity contribution in [1.82, 2.24) is 4.57 Å². The molecule has 4 rings (SSSR count). The number of benzene rings is 1. The Morgan fingerprint density at radius 2 is 2.04 bits per heavy atom. The summed E-state index contributed by atoms with van der Waals surface area (Å²) in [5.74, 6) is -0.0437. The number of amides is 1. The molecule has 0 spiro atoms. The summed E-state index contributed by atoms with van der Waals surface area (Å²) < 4.78 is 1.50. The Balaban J connectivity index is 1.54. The van der Waals surface area contributed by atoms with Crippen molar-refractivity contribution in [3.63, 3.8) is 0 Å². The lowest BCUT2D eigenvalue weighted by molar-refractivity contribution is -0.122. The second-order valence-corrected chi connectivity index (χ2v) is 7.67. The minimum absolute atomic E-state index is 0.0184. The number of hydrogen-bond donors (Lipinski definition) is 2. The number of anilines is 2. The number of aromatic nitrogens is 1. The van der Waals surface area contributed by atoms with E-state index in [9.17, 15) is 14.9 Å². The van der Waals surface area contributed by atoms with E-state index < -0.39 is 0 Å². The molecule has 0 radical (unpaired) electrons. The number of fused-ring (bicyclic) bond motifs is 1. The Bertz CT molecular complexity index is 1110. The lowest BCUT2D eigenvalue weighted by Gasteiger charge is -2.35. The number of thiophene rings is 1. The smallest absolute Gasteiger partial charge is 0.270 e. The van der Waals surface area contributed by atoms with Crippen LogP contribution in [-0.4, -0.2) is 16.5 Å². The summed E-state index contributed by atoms with van der Waals surface area (Å²) in [7, 11) is 1.67. The van der Waals surface area contributed by atoms with Crippen LogP contribution in [0.15, 0.2) is 46.6 Å². The molecule has 1 aliphatic carbocycles. The average molecular weight is 378 g/mol. The predicted molar refractivity (Wildman–Crippen MR) is 107 cm³/mol. The lowest BCUT2D eigenvalue weighted by atomic mass is 9.79. The van der Waals surface area contributed by atoms with Crippen LogP contribution in [0.3, 0.4) is 0 Å². The van der Waals surface area contributed by atoms with Crippen LogP contribution in [0.1, 0.15) is 18.4 Å². The lowest BCUT2D eigenvalue weighted by Crippen LogP contribution is -2.42. The normalized spacial score (nSPS) is 18.5. The number of pyridine rings is 1. The summed E-state index contributed by atoms with van der Waals surface area (Å²) in [6, 6.07) is 13.4. The first-order valence-electron chi connectivity index (χ1n) is 8.71. The number of nitrogens with zero attached hydrogens (tertiary/aromatic N) is 2. The van der Waals surface area contributed by atoms with Gasteiger partial charge in [0.25, 0.3) is 5.56 Å². The first-order valence-corrected chi connectivity index (χ1v) is 9.59. The second-order valence-electron chi connectivity index (χ2n) is 6.72. The van der Waals surface area contributed by atoms with Crippen molar-refractivity contribution in [2.75, 3.05) is 10.6 Å². The van der Waals surface area contributed by atoms with E-state index in [0.29, 0.717) is 18.5 Å². The molecule has 1 aromatic carbocycles. The first-order chi connectivity index (χ1) is 13.1. The molecule has 27 heavy (non-hydrogen) atoms. The number of hydrogen-bond acceptors (Lipinski definition) is 5. The van der Waals surface area contributed by atoms with Gasteiger partial charge in [-0.15, -0.1) is 11.3 Å². The van der Waals surface area contributed by atoms with Gasteiger partial charge in [-0.1, -0.05) is 18.2 Å². The van der Waals surface area contributed by atoms with E-state index in [1.165, 1.54) is 15.9 Å². The van der Waals surface area contributed by atoms with E-state index in [4.69, 9.17) is 0 Å². The third kappa shape index (κ3) is 3.09. The average Bonchev–Trinajstić information content (AvgIpc) is 3.14. The topological polar surface area (TPSA) is 86.9 Å². The van der Waals surface area contributed by atoms with Gasteiger partial charge in [-0.05, 0) is 36.4 Å². The summed E-state index contributed by atoms with van der Waals surface area (Å²) in [6.45, 7) is 0. The van der Waals surface area contributed by atoms with Crippen LogP contribution in [-0.2, 0) is 11.8 Å². The van der Waals surface area contributed by atoms with E-state index in [-0.39, 0.29) is 29.0 Å². The Morgan fingerprint density at radius 3 is 2.74 bits per heavy atom. The van der Waals surface area contributed by atoms with E-state index in [1.807, 2.05) is 47.8 Å². The fraction of sp³-hybridized carbons (Fsp3) is 0.250. The molecule has 6 nitrogen and oxygen atoms in total. The number of carbonyl (C=O) groups excluding carboxylic acids is 1. The van der Waals surface area contributed by atoms with Crippen LogP contribution < -0.4 is 16.2 Å². The van der Waals surface area contributed by atoms with Gasteiger partial charge in [0, 0.05) is 24.4 Å². The number of nitriles is 1. The van der Waals surface area contributed by atoms with Crippen molar-refractivity contribution in [3.8, 4) is 6.07 Å². The molecule has 0 atom stereocenters. The highest BCUT2D eigenvalue weighted by Crippen LogP contribution is 2.34. The number of nitrogens with one attached hydrogen (secondary N) is 2. The molecule has 2 heterocycles. The fourth-order valence-corrected chi connectivity index (χ4v) is 4.10. The third-order valence-corrected chi connectivity index (χ3v) is 5.83. The zero-order valence-electron chi connectivity index (χ0n) is 14.7. The highest BCUT2D eigenvalue weighted by molar-refractivity contribution is 7.14. The van der Waals surface area contributed by atoms with E-state index in [2.05, 4.69) is 10.6 Å². The van der Waals surface area contributed by atoms with Gasteiger partial charge in [0.15, 0.2) is 0 Å². The Morgan fingerprint density at radius 1 is 1.26 bits per heavy atom. The van der Waals surface area contributed by atoms with Crippen LogP contribution >= 0.6 is 11.3 Å². The molecule has 2 aromatic heterocycles. The molecule has 3 aromatic rings. The van der Waals surface area contributed by atoms with Gasteiger partial charge in [0.1, 0.15) is 11.6 Å². The van der Waals surface area contributed by atoms with Crippen molar-refractivity contribution in [2.45, 2.75) is 18.9 Å². The SMILES string of the molecule is Cn1c(=O)c(C#N)c(NC2CC(C(=O)Nc3cccs3)C2)c2ccccc21. The molecule has 1 saturated carbocycles. The zero-order chi connectivity index (χ0) is 19.0. The zero-order valence-corrected chi connectivity index (χ0v) is 15.5. The van der Waals surface area contributed by atoms with Gasteiger partial charge in [-0.2, -0.15) is 5.26 Å². The van der Waals surface area contributed by atoms with Gasteiger partial charge >= 0.3 is 0 Å². The first kappa shape index (κ1) is 17.3. The fourth-order valence-electron chi connectivity index (χ4n) is 3.48. The number of rotatable bonds is 4. The maximum absolute atomic E-state index is 12.5. The number of carbonyl (C=O) groups is 1. The predicted octanol–water partition coefficient (Wildman–Crippen LogP) is 3.30. The molecular weight excluding hydrogens is 360 g/mol. The molecule has 0 saturated heterocycles. The maximum atomic E-state index is 12.5. The molecule has 0 bridgehead atoms. The summed E-state index contributed by atoms with van der Waals surface area (Å²) in [4.78, 5) is 24.8. The molecule has 1 amide bonds. The van der Waals surface area contributed by atoms with Gasteiger partial charge in [-0.3, -0.25) is 9.59 Å². The molecular formula is C20H18N4O2S. The molecule has 0 unspecified atom stereocenters. The molecule has 1 fully saturated rings. The summed E-state index contributed by atoms with van der Waals surface area (Å²) in [6.07, 6.45) is 1.34. The molecule has 136 valence electrons. The second kappa shape index (κ2) is 6.89. The molecule has 7 heteroatoms. The van der Waals surface area contributed by atoms with Crippen LogP contribution in [0.2, 0.25) is 0 Å². The maximum Gasteiger partial charge on any atom is 0.270 e. The minimum Gasteiger partial charge on any atom is -0.380 e. The highest BCUT2D eigenvalue weighted by Gasteiger charge is 2.35. The van der Waals surface area contributed by atoms with Gasteiger partial charge in [0.05, 0.1) is 16.2 Å². The number of aryl methyl sites for hydroxylation is 1. The molecule has 0 aliphatic heterocycles. The standard InChI is InChI=1S/C20H18N4O2S/c1-24-16-6-3-2-5-14(16)18(15(11-21)20(24)26)22-13-9-12(10-13)19(25)23-17-7-4-8-27-17/h2-8,12-13,22H,9-10H2,1H3,(H,23,25). The van der Waals surface area contributed by atoms with Gasteiger partial charge in [0.2, 0.25) is 5.91 Å². The third-order valence-electron chi connectivity index (χ3n) is 5.04. The van der Waals surface area contributed by atoms with Crippen molar-refractivity contribution >= 4 is 38.8 Å². The van der Waals surface area contributed by atoms with Crippen LogP contribution in [0.25, 0.3) is 10.9 Å². The van der Waals surface area contributed by atoms with E-state index >= 15 is 0 Å². The molecule has 2 N–H and O–H groups in total. The Labute approximate surface area is 160 Å². The summed E-state index contributed by atoms with van der Waals surface area (Å²) in [5.41, 5.74) is 1.14. The van der Waals surface area contributed by atoms with Crippen molar-refractivity contribution < 1.29 is 4.79 Å². The van der Waals surface area contributed by atoms with E-state index in [0.717, 1.165) is 15.9 Å². The van der Waals surface area contributed by atoms with Crippen LogP contribution in [0, 0.1) is 17.2 Å². The van der Waals surface area contributed by atoms with Crippen LogP contribution in [0.5, 0.6) is 0 Å². The summed E-state index contributed by atoms with van der Waals surface area (Å²) >= 11 is 1.50. The minimum atomic E-state index is -0.315. The monoisotopic (exact) mass is 378 g/mol. The van der Waals surface area contributed by atoms with Crippen molar-refractivity contribution in [2.24, 2.45) is 13.0 Å².